The van der Waals surface area contributed by atoms with Crippen molar-refractivity contribution < 1.29 is 9.53 Å². The van der Waals surface area contributed by atoms with Crippen molar-refractivity contribution >= 4 is 17.3 Å². The molecule has 96 valence electrons. The van der Waals surface area contributed by atoms with Crippen LogP contribution in [0.5, 0.6) is 0 Å². The predicted molar refractivity (Wildman–Crippen MR) is 68.9 cm³/mol. The van der Waals surface area contributed by atoms with Gasteiger partial charge in [0.1, 0.15) is 6.04 Å². The zero-order chi connectivity index (χ0) is 12.7. The van der Waals surface area contributed by atoms with Gasteiger partial charge in [0.05, 0.1) is 17.8 Å². The van der Waals surface area contributed by atoms with Crippen LogP contribution in [0.4, 0.5) is 0 Å². The number of hydrogen-bond donors (Lipinski definition) is 0. The fourth-order valence-electron chi connectivity index (χ4n) is 1.71. The van der Waals surface area contributed by atoms with Crippen LogP contribution in [0.2, 0.25) is 0 Å². The molecule has 0 radical (unpaired) electrons. The van der Waals surface area contributed by atoms with Crippen molar-refractivity contribution in [3.05, 3.63) is 16.6 Å². The molecule has 1 aromatic heterocycles. The Bertz CT molecular complexity index is 327. The van der Waals surface area contributed by atoms with Crippen molar-refractivity contribution in [2.45, 2.75) is 39.3 Å². The van der Waals surface area contributed by atoms with Crippen LogP contribution < -0.4 is 0 Å². The number of aromatic nitrogens is 1. The maximum absolute atomic E-state index is 11.8. The Labute approximate surface area is 107 Å². The highest BCUT2D eigenvalue weighted by Crippen LogP contribution is 2.12. The second-order valence-corrected chi connectivity index (χ2v) is 4.67. The zero-order valence-corrected chi connectivity index (χ0v) is 11.5. The highest BCUT2D eigenvalue weighted by Gasteiger charge is 2.23. The van der Waals surface area contributed by atoms with Crippen LogP contribution in [0, 0.1) is 0 Å². The normalized spacial score (nSPS) is 12.7. The second-order valence-electron chi connectivity index (χ2n) is 3.95. The van der Waals surface area contributed by atoms with Gasteiger partial charge in [-0.2, -0.15) is 0 Å². The summed E-state index contributed by atoms with van der Waals surface area (Å²) >= 11 is 1.57. The van der Waals surface area contributed by atoms with Crippen molar-refractivity contribution in [1.82, 2.24) is 9.88 Å². The first-order valence-electron chi connectivity index (χ1n) is 5.93. The van der Waals surface area contributed by atoms with Gasteiger partial charge < -0.3 is 4.74 Å². The number of carbonyl (C=O) groups excluding carboxylic acids is 1. The van der Waals surface area contributed by atoms with Gasteiger partial charge in [0.15, 0.2) is 0 Å². The molecule has 0 amide bonds. The topological polar surface area (TPSA) is 42.4 Å². The molecule has 0 aromatic carbocycles. The Kier molecular flexibility index (Phi) is 6.15. The summed E-state index contributed by atoms with van der Waals surface area (Å²) in [7, 11) is 1.94. The minimum absolute atomic E-state index is 0.132. The van der Waals surface area contributed by atoms with Crippen LogP contribution >= 0.6 is 11.3 Å². The first-order valence-corrected chi connectivity index (χ1v) is 6.87. The Balaban J connectivity index is 2.59. The third-order valence-corrected chi connectivity index (χ3v) is 3.18. The predicted octanol–water partition coefficient (Wildman–Crippen LogP) is 2.31. The molecule has 1 atom stereocenters. The molecule has 0 aliphatic heterocycles. The summed E-state index contributed by atoms with van der Waals surface area (Å²) in [6.45, 7) is 5.03. The number of hydrogen-bond acceptors (Lipinski definition) is 5. The van der Waals surface area contributed by atoms with E-state index >= 15 is 0 Å². The van der Waals surface area contributed by atoms with E-state index in [-0.39, 0.29) is 12.0 Å². The fourth-order valence-corrected chi connectivity index (χ4v) is 2.26. The molecule has 17 heavy (non-hydrogen) atoms. The van der Waals surface area contributed by atoms with Gasteiger partial charge >= 0.3 is 5.97 Å². The lowest BCUT2D eigenvalue weighted by Gasteiger charge is -2.25. The Morgan fingerprint density at radius 1 is 1.59 bits per heavy atom. The maximum atomic E-state index is 11.8. The van der Waals surface area contributed by atoms with Gasteiger partial charge in [-0.25, -0.2) is 4.98 Å². The van der Waals surface area contributed by atoms with Crippen molar-refractivity contribution in [1.29, 1.82) is 0 Å². The van der Waals surface area contributed by atoms with E-state index in [1.807, 2.05) is 29.8 Å². The highest BCUT2D eigenvalue weighted by molar-refractivity contribution is 7.07. The number of carbonyl (C=O) groups is 1. The van der Waals surface area contributed by atoms with Crippen LogP contribution in [0.25, 0.3) is 0 Å². The van der Waals surface area contributed by atoms with E-state index in [0.717, 1.165) is 18.5 Å². The number of nitrogens with zero attached hydrogens (tertiary/aromatic N) is 2. The molecule has 1 heterocycles. The average molecular weight is 256 g/mol. The smallest absolute Gasteiger partial charge is 0.323 e. The number of ether oxygens (including phenoxy) is 1. The number of thiazole rings is 1. The van der Waals surface area contributed by atoms with Gasteiger partial charge in [-0.05, 0) is 20.4 Å². The standard InChI is InChI=1S/C12H20N2O2S/c1-4-6-11(12(15)16-5-2)14(3)7-10-8-17-9-13-10/h8-9,11H,4-7H2,1-3H3. The van der Waals surface area contributed by atoms with Gasteiger partial charge in [0.25, 0.3) is 0 Å². The van der Waals surface area contributed by atoms with Gasteiger partial charge in [0, 0.05) is 11.9 Å². The van der Waals surface area contributed by atoms with Gasteiger partial charge in [0.2, 0.25) is 0 Å². The summed E-state index contributed by atoms with van der Waals surface area (Å²) in [5, 5.41) is 2.00. The van der Waals surface area contributed by atoms with Gasteiger partial charge in [-0.1, -0.05) is 13.3 Å². The van der Waals surface area contributed by atoms with Crippen molar-refractivity contribution in [3.8, 4) is 0 Å². The maximum Gasteiger partial charge on any atom is 0.323 e. The summed E-state index contributed by atoms with van der Waals surface area (Å²) in [4.78, 5) is 18.1. The molecule has 0 fully saturated rings. The molecular weight excluding hydrogens is 236 g/mol. The highest BCUT2D eigenvalue weighted by atomic mass is 32.1. The molecule has 5 heteroatoms. The minimum atomic E-state index is -0.165. The summed E-state index contributed by atoms with van der Waals surface area (Å²) in [6, 6.07) is -0.165. The average Bonchev–Trinajstić information content (AvgIpc) is 2.78. The fraction of sp³-hybridized carbons (Fsp3) is 0.667. The second kappa shape index (κ2) is 7.40. The Morgan fingerprint density at radius 2 is 2.35 bits per heavy atom. The van der Waals surface area contributed by atoms with Crippen LogP contribution in [-0.2, 0) is 16.1 Å². The molecule has 0 spiro atoms. The lowest BCUT2D eigenvalue weighted by molar-refractivity contribution is -0.149. The van der Waals surface area contributed by atoms with Crippen molar-refractivity contribution in [3.63, 3.8) is 0 Å². The molecule has 0 bridgehead atoms. The van der Waals surface area contributed by atoms with E-state index in [2.05, 4.69) is 11.9 Å². The van der Waals surface area contributed by atoms with Crippen LogP contribution in [0.1, 0.15) is 32.4 Å². The lowest BCUT2D eigenvalue weighted by atomic mass is 10.1. The Hall–Kier alpha value is -0.940. The van der Waals surface area contributed by atoms with E-state index in [0.29, 0.717) is 13.2 Å². The largest absolute Gasteiger partial charge is 0.465 e. The lowest BCUT2D eigenvalue weighted by Crippen LogP contribution is -2.39. The molecule has 4 nitrogen and oxygen atoms in total. The van der Waals surface area contributed by atoms with Crippen LogP contribution in [-0.4, -0.2) is 35.5 Å². The first-order chi connectivity index (χ1) is 8.19. The molecule has 0 aliphatic rings. The summed E-state index contributed by atoms with van der Waals surface area (Å²) in [5.41, 5.74) is 2.81. The third-order valence-electron chi connectivity index (χ3n) is 2.55. The molecular formula is C12H20N2O2S. The van der Waals surface area contributed by atoms with E-state index in [1.54, 1.807) is 11.3 Å². The SMILES string of the molecule is CCCC(C(=O)OCC)N(C)Cc1cscn1. The number of esters is 1. The third kappa shape index (κ3) is 4.44. The van der Waals surface area contributed by atoms with E-state index < -0.39 is 0 Å². The minimum Gasteiger partial charge on any atom is -0.465 e. The van der Waals surface area contributed by atoms with Crippen LogP contribution in [0.3, 0.4) is 0 Å². The number of likely N-dealkylation sites (N-methyl/N-ethyl adjacent to an activating group) is 1. The van der Waals surface area contributed by atoms with E-state index in [1.165, 1.54) is 0 Å². The Morgan fingerprint density at radius 3 is 2.88 bits per heavy atom. The van der Waals surface area contributed by atoms with E-state index in [4.69, 9.17) is 4.74 Å². The molecule has 0 N–H and O–H groups in total. The molecule has 1 rings (SSSR count). The summed E-state index contributed by atoms with van der Waals surface area (Å²) in [5.74, 6) is -0.132. The van der Waals surface area contributed by atoms with Gasteiger partial charge in [-0.3, -0.25) is 9.69 Å². The molecule has 0 saturated heterocycles. The molecule has 0 saturated carbocycles. The monoisotopic (exact) mass is 256 g/mol. The van der Waals surface area contributed by atoms with Gasteiger partial charge in [-0.15, -0.1) is 11.3 Å². The molecule has 1 aromatic rings. The molecule has 0 aliphatic carbocycles. The number of rotatable bonds is 7. The van der Waals surface area contributed by atoms with Crippen molar-refractivity contribution in [2.75, 3.05) is 13.7 Å². The van der Waals surface area contributed by atoms with Crippen LogP contribution in [0.15, 0.2) is 10.9 Å². The quantitative estimate of drug-likeness (QED) is 0.702. The molecule has 1 unspecified atom stereocenters. The zero-order valence-electron chi connectivity index (χ0n) is 10.7. The summed E-state index contributed by atoms with van der Waals surface area (Å²) in [6.07, 6.45) is 1.78. The van der Waals surface area contributed by atoms with E-state index in [9.17, 15) is 4.79 Å². The first kappa shape index (κ1) is 14.1. The van der Waals surface area contributed by atoms with Crippen molar-refractivity contribution in [2.24, 2.45) is 0 Å². The summed E-state index contributed by atoms with van der Waals surface area (Å²) < 4.78 is 5.10.